The maximum Gasteiger partial charge on any atom is 0.255 e. The van der Waals surface area contributed by atoms with Gasteiger partial charge in [0.05, 0.1) is 17.1 Å². The van der Waals surface area contributed by atoms with Gasteiger partial charge in [-0.1, -0.05) is 32.9 Å². The lowest BCUT2D eigenvalue weighted by Crippen LogP contribution is -2.25. The maximum absolute atomic E-state index is 12.7. The first kappa shape index (κ1) is 19.2. The highest BCUT2D eigenvalue weighted by Gasteiger charge is 2.28. The first-order valence-corrected chi connectivity index (χ1v) is 10.4. The van der Waals surface area contributed by atoms with Gasteiger partial charge in [0.2, 0.25) is 10.0 Å². The molecule has 0 unspecified atom stereocenters. The van der Waals surface area contributed by atoms with Crippen LogP contribution in [0.4, 0.5) is 11.4 Å². The van der Waals surface area contributed by atoms with Crippen LogP contribution in [0, 0.1) is 0 Å². The summed E-state index contributed by atoms with van der Waals surface area (Å²) in [6, 6.07) is 11.6. The van der Waals surface area contributed by atoms with Crippen molar-refractivity contribution in [3.63, 3.8) is 0 Å². The number of phenols is 1. The molecule has 1 fully saturated rings. The molecule has 1 aliphatic heterocycles. The van der Waals surface area contributed by atoms with Gasteiger partial charge in [0.15, 0.2) is 0 Å². The van der Waals surface area contributed by atoms with Crippen molar-refractivity contribution in [1.29, 1.82) is 0 Å². The molecule has 7 heteroatoms. The van der Waals surface area contributed by atoms with Crippen LogP contribution < -0.4 is 9.62 Å². The van der Waals surface area contributed by atoms with E-state index in [1.165, 1.54) is 4.31 Å². The molecule has 2 aromatic carbocycles. The molecule has 2 aromatic rings. The third kappa shape index (κ3) is 4.08. The van der Waals surface area contributed by atoms with E-state index < -0.39 is 15.9 Å². The average molecular weight is 388 g/mol. The second-order valence-corrected chi connectivity index (χ2v) is 9.74. The molecule has 1 heterocycles. The molecule has 6 nitrogen and oxygen atoms in total. The van der Waals surface area contributed by atoms with Crippen LogP contribution in [-0.2, 0) is 15.4 Å². The van der Waals surface area contributed by atoms with Crippen molar-refractivity contribution in [2.45, 2.75) is 32.6 Å². The molecule has 0 bridgehead atoms. The summed E-state index contributed by atoms with van der Waals surface area (Å²) in [4.78, 5) is 12.7. The molecule has 3 rings (SSSR count). The van der Waals surface area contributed by atoms with Crippen molar-refractivity contribution in [2.24, 2.45) is 0 Å². The molecular weight excluding hydrogens is 364 g/mol. The Morgan fingerprint density at radius 3 is 2.52 bits per heavy atom. The molecule has 0 saturated carbocycles. The summed E-state index contributed by atoms with van der Waals surface area (Å²) in [6.07, 6.45) is 0.576. The minimum atomic E-state index is -3.31. The standard InChI is InChI=1S/C20H24N2O4S/c1-20(2,3)15-8-9-18(23)17(13-15)21-19(24)14-6-4-7-16(12-14)22-10-5-11-27(22,25)26/h4,6-9,12-13,23H,5,10-11H2,1-3H3,(H,21,24). The van der Waals surface area contributed by atoms with Crippen molar-refractivity contribution >= 4 is 27.3 Å². The lowest BCUT2D eigenvalue weighted by Gasteiger charge is -2.20. The largest absolute Gasteiger partial charge is 0.506 e. The van der Waals surface area contributed by atoms with Gasteiger partial charge in [-0.3, -0.25) is 9.10 Å². The van der Waals surface area contributed by atoms with E-state index in [1.54, 1.807) is 36.4 Å². The molecule has 0 aliphatic carbocycles. The van der Waals surface area contributed by atoms with Gasteiger partial charge in [-0.15, -0.1) is 0 Å². The summed E-state index contributed by atoms with van der Waals surface area (Å²) < 4.78 is 25.5. The van der Waals surface area contributed by atoms with E-state index in [4.69, 9.17) is 0 Å². The molecule has 0 radical (unpaired) electrons. The monoisotopic (exact) mass is 388 g/mol. The van der Waals surface area contributed by atoms with E-state index in [2.05, 4.69) is 5.32 Å². The van der Waals surface area contributed by atoms with Gasteiger partial charge in [0.25, 0.3) is 5.91 Å². The fourth-order valence-electron chi connectivity index (χ4n) is 3.03. The first-order valence-electron chi connectivity index (χ1n) is 8.83. The number of phenolic OH excluding ortho intramolecular Hbond substituents is 1. The Bertz CT molecular complexity index is 978. The van der Waals surface area contributed by atoms with Crippen LogP contribution in [0.2, 0.25) is 0 Å². The molecule has 0 spiro atoms. The minimum Gasteiger partial charge on any atom is -0.506 e. The van der Waals surface area contributed by atoms with E-state index in [9.17, 15) is 18.3 Å². The third-order valence-corrected chi connectivity index (χ3v) is 6.48. The Morgan fingerprint density at radius 1 is 1.15 bits per heavy atom. The Labute approximate surface area is 159 Å². The molecule has 1 saturated heterocycles. The molecular formula is C20H24N2O4S. The lowest BCUT2D eigenvalue weighted by atomic mass is 9.87. The van der Waals surface area contributed by atoms with Crippen LogP contribution in [0.3, 0.4) is 0 Å². The van der Waals surface area contributed by atoms with Gasteiger partial charge in [-0.2, -0.15) is 0 Å². The summed E-state index contributed by atoms with van der Waals surface area (Å²) in [7, 11) is -3.31. The highest BCUT2D eigenvalue weighted by molar-refractivity contribution is 7.93. The number of benzene rings is 2. The van der Waals surface area contributed by atoms with Gasteiger partial charge in [-0.25, -0.2) is 8.42 Å². The average Bonchev–Trinajstić information content (AvgIpc) is 2.95. The number of amides is 1. The number of hydrogen-bond donors (Lipinski definition) is 2. The van der Waals surface area contributed by atoms with E-state index in [0.717, 1.165) is 5.56 Å². The van der Waals surface area contributed by atoms with E-state index in [0.29, 0.717) is 29.9 Å². The van der Waals surface area contributed by atoms with Crippen molar-refractivity contribution in [3.05, 3.63) is 53.6 Å². The number of nitrogens with one attached hydrogen (secondary N) is 1. The summed E-state index contributed by atoms with van der Waals surface area (Å²) in [5.41, 5.74) is 1.99. The van der Waals surface area contributed by atoms with Crippen LogP contribution in [0.25, 0.3) is 0 Å². The predicted molar refractivity (Wildman–Crippen MR) is 107 cm³/mol. The van der Waals surface area contributed by atoms with Crippen LogP contribution in [0.5, 0.6) is 5.75 Å². The lowest BCUT2D eigenvalue weighted by molar-refractivity contribution is 0.102. The van der Waals surface area contributed by atoms with Crippen LogP contribution in [-0.4, -0.2) is 31.7 Å². The normalized spacial score (nSPS) is 16.3. The van der Waals surface area contributed by atoms with E-state index in [1.807, 2.05) is 26.8 Å². The number of rotatable bonds is 3. The van der Waals surface area contributed by atoms with Crippen LogP contribution in [0.15, 0.2) is 42.5 Å². The molecule has 0 aromatic heterocycles. The topological polar surface area (TPSA) is 86.7 Å². The van der Waals surface area contributed by atoms with Crippen molar-refractivity contribution in [2.75, 3.05) is 21.9 Å². The van der Waals surface area contributed by atoms with Gasteiger partial charge in [-0.05, 0) is 47.7 Å². The van der Waals surface area contributed by atoms with Gasteiger partial charge < -0.3 is 10.4 Å². The fraction of sp³-hybridized carbons (Fsp3) is 0.350. The van der Waals surface area contributed by atoms with Crippen molar-refractivity contribution < 1.29 is 18.3 Å². The molecule has 1 aliphatic rings. The zero-order valence-corrected chi connectivity index (χ0v) is 16.5. The Morgan fingerprint density at radius 2 is 1.89 bits per heavy atom. The molecule has 144 valence electrons. The third-order valence-electron chi connectivity index (χ3n) is 4.61. The Kier molecular flexibility index (Phi) is 4.90. The van der Waals surface area contributed by atoms with Crippen LogP contribution in [0.1, 0.15) is 43.1 Å². The zero-order chi connectivity index (χ0) is 19.8. The van der Waals surface area contributed by atoms with Crippen LogP contribution >= 0.6 is 0 Å². The summed E-state index contributed by atoms with van der Waals surface area (Å²) in [5, 5.41) is 12.8. The van der Waals surface area contributed by atoms with E-state index in [-0.39, 0.29) is 16.9 Å². The van der Waals surface area contributed by atoms with Crippen molar-refractivity contribution in [3.8, 4) is 5.75 Å². The Balaban J connectivity index is 1.87. The number of sulfonamides is 1. The number of aromatic hydroxyl groups is 1. The van der Waals surface area contributed by atoms with Gasteiger partial charge in [0.1, 0.15) is 5.75 Å². The Hall–Kier alpha value is -2.54. The predicted octanol–water partition coefficient (Wildman–Crippen LogP) is 3.48. The zero-order valence-electron chi connectivity index (χ0n) is 15.7. The minimum absolute atomic E-state index is 0.0189. The molecule has 27 heavy (non-hydrogen) atoms. The number of nitrogens with zero attached hydrogens (tertiary/aromatic N) is 1. The summed E-state index contributed by atoms with van der Waals surface area (Å²) in [6.45, 7) is 6.56. The van der Waals surface area contributed by atoms with Crippen molar-refractivity contribution in [1.82, 2.24) is 0 Å². The SMILES string of the molecule is CC(C)(C)c1ccc(O)c(NC(=O)c2cccc(N3CCCS3(=O)=O)c2)c1. The fourth-order valence-corrected chi connectivity index (χ4v) is 4.59. The first-order chi connectivity index (χ1) is 12.6. The molecule has 2 N–H and O–H groups in total. The smallest absolute Gasteiger partial charge is 0.255 e. The van der Waals surface area contributed by atoms with Gasteiger partial charge in [0, 0.05) is 12.1 Å². The quantitative estimate of drug-likeness (QED) is 0.788. The number of hydrogen-bond acceptors (Lipinski definition) is 4. The molecule has 0 atom stereocenters. The molecule has 1 amide bonds. The van der Waals surface area contributed by atoms with Gasteiger partial charge >= 0.3 is 0 Å². The van der Waals surface area contributed by atoms with E-state index >= 15 is 0 Å². The highest BCUT2D eigenvalue weighted by atomic mass is 32.2. The second kappa shape index (κ2) is 6.88. The summed E-state index contributed by atoms with van der Waals surface area (Å²) >= 11 is 0. The maximum atomic E-state index is 12.7. The number of anilines is 2. The summed E-state index contributed by atoms with van der Waals surface area (Å²) in [5.74, 6) is -0.305. The number of carbonyl (C=O) groups is 1. The second-order valence-electron chi connectivity index (χ2n) is 7.73. The number of carbonyl (C=O) groups excluding carboxylic acids is 1. The highest BCUT2D eigenvalue weighted by Crippen LogP contribution is 2.31.